The number of carbonyl (C=O) groups is 1. The van der Waals surface area contributed by atoms with E-state index in [2.05, 4.69) is 0 Å². The lowest BCUT2D eigenvalue weighted by Crippen LogP contribution is -1.98. The first-order valence-electron chi connectivity index (χ1n) is 3.27. The van der Waals surface area contributed by atoms with E-state index < -0.39 is 21.7 Å². The predicted molar refractivity (Wildman–Crippen MR) is 52.3 cm³/mol. The Morgan fingerprint density at radius 1 is 1.43 bits per heavy atom. The number of halogens is 2. The summed E-state index contributed by atoms with van der Waals surface area (Å²) in [5.41, 5.74) is -0.184. The number of hydrogen-bond donors (Lipinski definition) is 2. The van der Waals surface area contributed by atoms with Crippen LogP contribution in [0.3, 0.4) is 0 Å². The van der Waals surface area contributed by atoms with Crippen molar-refractivity contribution in [3.05, 3.63) is 22.7 Å². The molecule has 0 radical (unpaired) electrons. The molecule has 0 aliphatic carbocycles. The van der Waals surface area contributed by atoms with Crippen molar-refractivity contribution in [2.75, 3.05) is 0 Å². The molecule has 0 amide bonds. The Hall–Kier alpha value is -0.780. The number of hydrogen-bond acceptors (Lipinski definition) is 3. The molecule has 0 aliphatic rings. The third kappa shape index (κ3) is 2.17. The standard InChI is InChI=1S/C7H4Cl2O4S/c8-4-1-3(7(11)12)2-5(6(4)10)14(9)13/h1-2,10H,(H,11,12). The van der Waals surface area contributed by atoms with Gasteiger partial charge in [0.25, 0.3) is 0 Å². The minimum Gasteiger partial charge on any atom is -0.505 e. The lowest BCUT2D eigenvalue weighted by atomic mass is 10.2. The molecule has 1 unspecified atom stereocenters. The molecular weight excluding hydrogens is 251 g/mol. The quantitative estimate of drug-likeness (QED) is 0.792. The van der Waals surface area contributed by atoms with Crippen molar-refractivity contribution in [3.63, 3.8) is 0 Å². The van der Waals surface area contributed by atoms with Gasteiger partial charge in [0.2, 0.25) is 0 Å². The molecule has 1 aromatic rings. The normalized spacial score (nSPS) is 12.4. The first-order chi connectivity index (χ1) is 6.43. The van der Waals surface area contributed by atoms with Gasteiger partial charge in [-0.2, -0.15) is 0 Å². The molecular formula is C7H4Cl2O4S. The molecule has 7 heteroatoms. The van der Waals surface area contributed by atoms with Crippen LogP contribution in [0.25, 0.3) is 0 Å². The predicted octanol–water partition coefficient (Wildman–Crippen LogP) is 2.01. The smallest absolute Gasteiger partial charge is 0.335 e. The van der Waals surface area contributed by atoms with Crippen molar-refractivity contribution >= 4 is 38.3 Å². The van der Waals surface area contributed by atoms with Crippen molar-refractivity contribution in [2.45, 2.75) is 4.90 Å². The van der Waals surface area contributed by atoms with Crippen molar-refractivity contribution in [3.8, 4) is 5.75 Å². The minimum absolute atomic E-state index is 0.184. The largest absolute Gasteiger partial charge is 0.505 e. The number of rotatable bonds is 2. The van der Waals surface area contributed by atoms with Crippen LogP contribution in [0.5, 0.6) is 5.75 Å². The van der Waals surface area contributed by atoms with Crippen LogP contribution in [0, 0.1) is 0 Å². The molecule has 0 aliphatic heterocycles. The maximum absolute atomic E-state index is 10.9. The Labute approximate surface area is 91.0 Å². The number of aromatic hydroxyl groups is 1. The first kappa shape index (κ1) is 11.3. The summed E-state index contributed by atoms with van der Waals surface area (Å²) in [6.07, 6.45) is 0. The SMILES string of the molecule is O=C(O)c1cc(Cl)c(O)c(S(=O)Cl)c1. The molecule has 0 bridgehead atoms. The summed E-state index contributed by atoms with van der Waals surface area (Å²) in [5.74, 6) is -1.71. The van der Waals surface area contributed by atoms with E-state index in [0.717, 1.165) is 12.1 Å². The van der Waals surface area contributed by atoms with E-state index in [0.29, 0.717) is 0 Å². The van der Waals surface area contributed by atoms with Crippen LogP contribution in [-0.4, -0.2) is 20.4 Å². The number of phenols is 1. The summed E-state index contributed by atoms with van der Waals surface area (Å²) in [7, 11) is 3.21. The van der Waals surface area contributed by atoms with E-state index in [4.69, 9.17) is 27.4 Å². The van der Waals surface area contributed by atoms with Crippen LogP contribution in [-0.2, 0) is 10.0 Å². The van der Waals surface area contributed by atoms with Crippen LogP contribution in [0.4, 0.5) is 0 Å². The third-order valence-electron chi connectivity index (χ3n) is 1.45. The third-order valence-corrected chi connectivity index (χ3v) is 2.89. The van der Waals surface area contributed by atoms with Crippen LogP contribution in [0.1, 0.15) is 10.4 Å². The number of phenolic OH excluding ortho intramolecular Hbond substituents is 1. The van der Waals surface area contributed by atoms with E-state index in [-0.39, 0.29) is 15.5 Å². The molecule has 14 heavy (non-hydrogen) atoms. The number of benzene rings is 1. The number of carboxylic acids is 1. The molecule has 0 saturated carbocycles. The zero-order chi connectivity index (χ0) is 10.9. The fourth-order valence-electron chi connectivity index (χ4n) is 0.820. The molecule has 0 saturated heterocycles. The Morgan fingerprint density at radius 3 is 2.43 bits per heavy atom. The lowest BCUT2D eigenvalue weighted by molar-refractivity contribution is 0.0696. The molecule has 0 spiro atoms. The summed E-state index contributed by atoms with van der Waals surface area (Å²) in [6, 6.07) is 2.05. The van der Waals surface area contributed by atoms with Gasteiger partial charge >= 0.3 is 5.97 Å². The number of carboxylic acid groups (broad SMARTS) is 1. The highest BCUT2D eigenvalue weighted by molar-refractivity contribution is 8.08. The second-order valence-electron chi connectivity index (χ2n) is 2.33. The van der Waals surface area contributed by atoms with E-state index in [1.807, 2.05) is 0 Å². The Kier molecular flexibility index (Phi) is 3.36. The van der Waals surface area contributed by atoms with Crippen LogP contribution < -0.4 is 0 Å². The average molecular weight is 255 g/mol. The van der Waals surface area contributed by atoms with Crippen molar-refractivity contribution in [1.82, 2.24) is 0 Å². The molecule has 1 rings (SSSR count). The van der Waals surface area contributed by atoms with E-state index in [1.54, 1.807) is 0 Å². The van der Waals surface area contributed by atoms with Crippen LogP contribution in [0.15, 0.2) is 17.0 Å². The van der Waals surface area contributed by atoms with Gasteiger partial charge in [0.15, 0.2) is 15.8 Å². The molecule has 1 aromatic carbocycles. The van der Waals surface area contributed by atoms with Gasteiger partial charge in [-0.3, -0.25) is 0 Å². The highest BCUT2D eigenvalue weighted by Crippen LogP contribution is 2.32. The Balaban J connectivity index is 3.43. The summed E-state index contributed by atoms with van der Waals surface area (Å²) in [4.78, 5) is 10.3. The molecule has 76 valence electrons. The van der Waals surface area contributed by atoms with E-state index in [1.165, 1.54) is 0 Å². The first-order valence-corrected chi connectivity index (χ1v) is 5.62. The van der Waals surface area contributed by atoms with Gasteiger partial charge in [0.1, 0.15) is 0 Å². The van der Waals surface area contributed by atoms with Crippen molar-refractivity contribution < 1.29 is 19.2 Å². The monoisotopic (exact) mass is 254 g/mol. The van der Waals surface area contributed by atoms with E-state index >= 15 is 0 Å². The van der Waals surface area contributed by atoms with Gasteiger partial charge < -0.3 is 10.2 Å². The molecule has 0 fully saturated rings. The Morgan fingerprint density at radius 2 is 2.00 bits per heavy atom. The molecule has 2 N–H and O–H groups in total. The topological polar surface area (TPSA) is 74.6 Å². The van der Waals surface area contributed by atoms with Gasteiger partial charge in [-0.1, -0.05) is 11.6 Å². The Bertz CT molecular complexity index is 418. The minimum atomic E-state index is -2.00. The van der Waals surface area contributed by atoms with Gasteiger partial charge in [0, 0.05) is 0 Å². The van der Waals surface area contributed by atoms with Gasteiger partial charge in [-0.15, -0.1) is 0 Å². The van der Waals surface area contributed by atoms with Crippen LogP contribution >= 0.6 is 22.3 Å². The summed E-state index contributed by atoms with van der Waals surface area (Å²) >= 11 is 5.50. The summed E-state index contributed by atoms with van der Waals surface area (Å²) in [5, 5.41) is 17.7. The molecule has 0 aromatic heterocycles. The highest BCUT2D eigenvalue weighted by atomic mass is 35.7. The fraction of sp³-hybridized carbons (Fsp3) is 0. The lowest BCUT2D eigenvalue weighted by Gasteiger charge is -2.03. The van der Waals surface area contributed by atoms with E-state index in [9.17, 15) is 14.1 Å². The highest BCUT2D eigenvalue weighted by Gasteiger charge is 2.15. The maximum atomic E-state index is 10.9. The van der Waals surface area contributed by atoms with Gasteiger partial charge in [-0.25, -0.2) is 9.00 Å². The fourth-order valence-corrected chi connectivity index (χ4v) is 1.93. The second kappa shape index (κ2) is 4.16. The van der Waals surface area contributed by atoms with Crippen molar-refractivity contribution in [1.29, 1.82) is 0 Å². The zero-order valence-corrected chi connectivity index (χ0v) is 8.86. The zero-order valence-electron chi connectivity index (χ0n) is 6.53. The average Bonchev–Trinajstić information content (AvgIpc) is 2.08. The molecule has 0 heterocycles. The summed E-state index contributed by atoms with van der Waals surface area (Å²) in [6.45, 7) is 0. The molecule has 1 atom stereocenters. The summed E-state index contributed by atoms with van der Waals surface area (Å²) < 4.78 is 10.9. The maximum Gasteiger partial charge on any atom is 0.335 e. The second-order valence-corrected chi connectivity index (χ2v) is 4.47. The van der Waals surface area contributed by atoms with Gasteiger partial charge in [-0.05, 0) is 22.8 Å². The number of aromatic carboxylic acids is 1. The van der Waals surface area contributed by atoms with Crippen LogP contribution in [0.2, 0.25) is 5.02 Å². The molecule has 4 nitrogen and oxygen atoms in total. The van der Waals surface area contributed by atoms with Gasteiger partial charge in [0.05, 0.1) is 15.5 Å². The van der Waals surface area contributed by atoms with Crippen molar-refractivity contribution in [2.24, 2.45) is 0 Å².